The number of methoxy groups -OCH3 is 1. The smallest absolute Gasteiger partial charge is 0.237 e. The number of hydrogen-bond acceptors (Lipinski definition) is 4. The monoisotopic (exact) mass is 285 g/mol. The molecule has 1 atom stereocenters. The fourth-order valence-electron chi connectivity index (χ4n) is 2.07. The van der Waals surface area contributed by atoms with Crippen LogP contribution in [0, 0.1) is 0 Å². The molecule has 1 amide bonds. The highest BCUT2D eigenvalue weighted by Gasteiger charge is 2.10. The van der Waals surface area contributed by atoms with Gasteiger partial charge in [0.05, 0.1) is 12.8 Å². The maximum Gasteiger partial charge on any atom is 0.237 e. The largest absolute Gasteiger partial charge is 0.480 e. The van der Waals surface area contributed by atoms with Crippen LogP contribution in [0.5, 0.6) is 5.88 Å². The van der Waals surface area contributed by atoms with E-state index in [2.05, 4.69) is 15.6 Å². The molecular weight excluding hydrogens is 266 g/mol. The summed E-state index contributed by atoms with van der Waals surface area (Å²) in [5, 5.41) is 6.14. The van der Waals surface area contributed by atoms with Crippen LogP contribution >= 0.6 is 0 Å². The van der Waals surface area contributed by atoms with E-state index in [0.717, 1.165) is 16.9 Å². The Hall–Kier alpha value is -2.56. The van der Waals surface area contributed by atoms with Crippen LogP contribution in [0.2, 0.25) is 0 Å². The van der Waals surface area contributed by atoms with E-state index in [1.165, 1.54) is 6.92 Å². The number of carbonyl (C=O) groups excluding carboxylic acids is 1. The third-order valence-corrected chi connectivity index (χ3v) is 3.04. The molecule has 2 rings (SSSR count). The molecule has 0 aliphatic rings. The van der Waals surface area contributed by atoms with Gasteiger partial charge in [0.1, 0.15) is 0 Å². The second kappa shape index (κ2) is 6.74. The first-order valence-corrected chi connectivity index (χ1v) is 6.73. The molecule has 0 radical (unpaired) electrons. The highest BCUT2D eigenvalue weighted by Crippen LogP contribution is 2.26. The van der Waals surface area contributed by atoms with Crippen molar-refractivity contribution in [3.63, 3.8) is 0 Å². The number of benzene rings is 1. The molecule has 1 aromatic heterocycles. The number of pyridine rings is 1. The second-order valence-corrected chi connectivity index (χ2v) is 4.73. The first-order chi connectivity index (χ1) is 10.1. The van der Waals surface area contributed by atoms with Crippen LogP contribution in [0.15, 0.2) is 42.6 Å². The number of anilines is 2. The van der Waals surface area contributed by atoms with Crippen molar-refractivity contribution in [2.75, 3.05) is 17.7 Å². The number of hydrogen-bond donors (Lipinski definition) is 2. The number of nitrogens with zero attached hydrogens (tertiary/aromatic N) is 1. The first-order valence-electron chi connectivity index (χ1n) is 6.73. The van der Waals surface area contributed by atoms with Gasteiger partial charge in [-0.05, 0) is 36.8 Å². The lowest BCUT2D eigenvalue weighted by atomic mass is 10.1. The quantitative estimate of drug-likeness (QED) is 0.885. The topological polar surface area (TPSA) is 63.2 Å². The van der Waals surface area contributed by atoms with Gasteiger partial charge in [0.15, 0.2) is 0 Å². The highest BCUT2D eigenvalue weighted by atomic mass is 16.5. The normalized spacial score (nSPS) is 11.6. The molecule has 0 fully saturated rings. The average Bonchev–Trinajstić information content (AvgIpc) is 2.47. The lowest BCUT2D eigenvalue weighted by Gasteiger charge is -2.18. The number of ether oxygens (including phenoxy) is 1. The molecule has 0 saturated heterocycles. The van der Waals surface area contributed by atoms with E-state index in [1.807, 2.05) is 43.3 Å². The molecule has 0 saturated carbocycles. The minimum atomic E-state index is -0.0818. The third-order valence-electron chi connectivity index (χ3n) is 3.04. The molecule has 21 heavy (non-hydrogen) atoms. The Morgan fingerprint density at radius 1 is 1.29 bits per heavy atom. The van der Waals surface area contributed by atoms with Gasteiger partial charge in [0.2, 0.25) is 11.8 Å². The van der Waals surface area contributed by atoms with Gasteiger partial charge in [-0.1, -0.05) is 12.1 Å². The predicted octanol–water partition coefficient (Wildman–Crippen LogP) is 3.22. The highest BCUT2D eigenvalue weighted by molar-refractivity contribution is 5.88. The van der Waals surface area contributed by atoms with Gasteiger partial charge in [-0.2, -0.15) is 0 Å². The number of amides is 1. The summed E-state index contributed by atoms with van der Waals surface area (Å²) >= 11 is 0. The lowest BCUT2D eigenvalue weighted by Crippen LogP contribution is -2.10. The Morgan fingerprint density at radius 2 is 2.10 bits per heavy atom. The molecule has 5 heteroatoms. The van der Waals surface area contributed by atoms with Crippen LogP contribution < -0.4 is 15.4 Å². The fraction of sp³-hybridized carbons (Fsp3) is 0.250. The van der Waals surface area contributed by atoms with E-state index in [9.17, 15) is 4.79 Å². The van der Waals surface area contributed by atoms with Crippen molar-refractivity contribution in [3.05, 3.63) is 48.2 Å². The summed E-state index contributed by atoms with van der Waals surface area (Å²) in [5.74, 6) is 0.476. The van der Waals surface area contributed by atoms with Gasteiger partial charge in [0, 0.05) is 24.8 Å². The molecular formula is C16H19N3O2. The summed E-state index contributed by atoms with van der Waals surface area (Å²) in [6, 6.07) is 11.6. The Balaban J connectivity index is 2.16. The molecule has 5 nitrogen and oxygen atoms in total. The summed E-state index contributed by atoms with van der Waals surface area (Å²) in [7, 11) is 1.59. The van der Waals surface area contributed by atoms with Crippen LogP contribution in [-0.4, -0.2) is 18.0 Å². The van der Waals surface area contributed by atoms with Crippen LogP contribution in [0.1, 0.15) is 25.5 Å². The van der Waals surface area contributed by atoms with Crippen LogP contribution in [0.4, 0.5) is 11.4 Å². The summed E-state index contributed by atoms with van der Waals surface area (Å²) in [5.41, 5.74) is 2.68. The summed E-state index contributed by atoms with van der Waals surface area (Å²) in [6.07, 6.45) is 1.69. The molecule has 1 aromatic carbocycles. The molecule has 0 spiro atoms. The summed E-state index contributed by atoms with van der Waals surface area (Å²) < 4.78 is 5.23. The molecule has 110 valence electrons. The van der Waals surface area contributed by atoms with Crippen molar-refractivity contribution < 1.29 is 9.53 Å². The standard InChI is InChI=1S/C16H19N3O2/c1-11(18-15-8-5-9-17-16(15)21-3)13-6-4-7-14(10-13)19-12(2)20/h4-11,18H,1-3H3,(H,19,20). The maximum absolute atomic E-state index is 11.1. The zero-order chi connectivity index (χ0) is 15.2. The molecule has 2 aromatic rings. The molecule has 0 aliphatic heterocycles. The van der Waals surface area contributed by atoms with Crippen molar-refractivity contribution in [3.8, 4) is 5.88 Å². The molecule has 0 aliphatic carbocycles. The van der Waals surface area contributed by atoms with Crippen molar-refractivity contribution in [2.45, 2.75) is 19.9 Å². The van der Waals surface area contributed by atoms with E-state index >= 15 is 0 Å². The molecule has 0 bridgehead atoms. The maximum atomic E-state index is 11.1. The summed E-state index contributed by atoms with van der Waals surface area (Å²) in [4.78, 5) is 15.3. The van der Waals surface area contributed by atoms with Crippen LogP contribution in [-0.2, 0) is 4.79 Å². The van der Waals surface area contributed by atoms with Crippen molar-refractivity contribution >= 4 is 17.3 Å². The van der Waals surface area contributed by atoms with Gasteiger partial charge < -0.3 is 15.4 Å². The summed E-state index contributed by atoms with van der Waals surface area (Å²) in [6.45, 7) is 3.54. The lowest BCUT2D eigenvalue weighted by molar-refractivity contribution is -0.114. The number of nitrogens with one attached hydrogen (secondary N) is 2. The van der Waals surface area contributed by atoms with Gasteiger partial charge in [-0.15, -0.1) is 0 Å². The molecule has 1 heterocycles. The second-order valence-electron chi connectivity index (χ2n) is 4.73. The van der Waals surface area contributed by atoms with Crippen LogP contribution in [0.25, 0.3) is 0 Å². The van der Waals surface area contributed by atoms with E-state index in [4.69, 9.17) is 4.74 Å². The van der Waals surface area contributed by atoms with E-state index in [1.54, 1.807) is 13.3 Å². The van der Waals surface area contributed by atoms with Crippen molar-refractivity contribution in [2.24, 2.45) is 0 Å². The van der Waals surface area contributed by atoms with Crippen LogP contribution in [0.3, 0.4) is 0 Å². The van der Waals surface area contributed by atoms with Gasteiger partial charge in [-0.25, -0.2) is 4.98 Å². The Kier molecular flexibility index (Phi) is 4.77. The van der Waals surface area contributed by atoms with E-state index in [-0.39, 0.29) is 11.9 Å². The van der Waals surface area contributed by atoms with Gasteiger partial charge in [0.25, 0.3) is 0 Å². The fourth-order valence-corrected chi connectivity index (χ4v) is 2.07. The van der Waals surface area contributed by atoms with Gasteiger partial charge in [-0.3, -0.25) is 4.79 Å². The Labute approximate surface area is 124 Å². The number of aromatic nitrogens is 1. The van der Waals surface area contributed by atoms with Crippen molar-refractivity contribution in [1.29, 1.82) is 0 Å². The predicted molar refractivity (Wildman–Crippen MR) is 83.6 cm³/mol. The Morgan fingerprint density at radius 3 is 2.81 bits per heavy atom. The van der Waals surface area contributed by atoms with E-state index in [0.29, 0.717) is 5.88 Å². The number of rotatable bonds is 5. The SMILES string of the molecule is COc1ncccc1NC(C)c1cccc(NC(C)=O)c1. The Bertz CT molecular complexity index is 628. The molecule has 1 unspecified atom stereocenters. The molecule has 2 N–H and O–H groups in total. The van der Waals surface area contributed by atoms with E-state index < -0.39 is 0 Å². The average molecular weight is 285 g/mol. The van der Waals surface area contributed by atoms with Gasteiger partial charge >= 0.3 is 0 Å². The van der Waals surface area contributed by atoms with Crippen molar-refractivity contribution in [1.82, 2.24) is 4.98 Å². The number of carbonyl (C=O) groups is 1. The minimum absolute atomic E-state index is 0.0526. The first kappa shape index (κ1) is 14.8. The minimum Gasteiger partial charge on any atom is -0.480 e. The zero-order valence-corrected chi connectivity index (χ0v) is 12.4. The zero-order valence-electron chi connectivity index (χ0n) is 12.4. The third kappa shape index (κ3) is 3.95.